The van der Waals surface area contributed by atoms with Gasteiger partial charge in [-0.2, -0.15) is 5.26 Å². The number of benzene rings is 1. The number of nitriles is 1. The first-order valence-electron chi connectivity index (χ1n) is 9.01. The van der Waals surface area contributed by atoms with Gasteiger partial charge in [0.25, 0.3) is 0 Å². The van der Waals surface area contributed by atoms with Crippen LogP contribution in [0.1, 0.15) is 16.7 Å². The molecule has 0 aliphatic heterocycles. The molecule has 0 atom stereocenters. The van der Waals surface area contributed by atoms with E-state index in [1.807, 2.05) is 74.5 Å². The van der Waals surface area contributed by atoms with Gasteiger partial charge >= 0.3 is 0 Å². The number of hydrogen-bond acceptors (Lipinski definition) is 4. The van der Waals surface area contributed by atoms with Crippen LogP contribution in [0.2, 0.25) is 0 Å². The second-order valence-corrected chi connectivity index (χ2v) is 6.75. The van der Waals surface area contributed by atoms with Crippen molar-refractivity contribution in [3.63, 3.8) is 0 Å². The predicted molar refractivity (Wildman–Crippen MR) is 110 cm³/mol. The molecule has 0 saturated heterocycles. The van der Waals surface area contributed by atoms with E-state index in [4.69, 9.17) is 10.2 Å². The van der Waals surface area contributed by atoms with Crippen molar-refractivity contribution in [2.24, 2.45) is 0 Å². The zero-order valence-electron chi connectivity index (χ0n) is 15.7. The number of aromatic nitrogens is 3. The molecule has 0 radical (unpaired) electrons. The highest BCUT2D eigenvalue weighted by Gasteiger charge is 2.11. The molecule has 0 amide bonds. The summed E-state index contributed by atoms with van der Waals surface area (Å²) >= 11 is 0. The summed E-state index contributed by atoms with van der Waals surface area (Å²) in [5.74, 6) is 0. The highest BCUT2D eigenvalue weighted by atomic mass is 14.8. The van der Waals surface area contributed by atoms with Gasteiger partial charge in [0.1, 0.15) is 0 Å². The van der Waals surface area contributed by atoms with Crippen LogP contribution in [0.4, 0.5) is 0 Å². The molecule has 0 fully saturated rings. The largest absolute Gasteiger partial charge is 0.255 e. The normalized spacial score (nSPS) is 10.5. The molecule has 0 saturated carbocycles. The molecule has 28 heavy (non-hydrogen) atoms. The van der Waals surface area contributed by atoms with Gasteiger partial charge in [0.05, 0.1) is 34.4 Å². The molecule has 4 heteroatoms. The first-order chi connectivity index (χ1) is 13.6. The Morgan fingerprint density at radius 1 is 0.643 bits per heavy atom. The van der Waals surface area contributed by atoms with Crippen LogP contribution in [0.3, 0.4) is 0 Å². The van der Waals surface area contributed by atoms with Gasteiger partial charge in [0, 0.05) is 12.4 Å². The Morgan fingerprint density at radius 2 is 1.18 bits per heavy atom. The second kappa shape index (κ2) is 7.42. The Balaban J connectivity index is 1.91. The Morgan fingerprint density at radius 3 is 1.64 bits per heavy atom. The fraction of sp³-hybridized carbons (Fsp3) is 0.0833. The minimum atomic E-state index is 0.638. The van der Waals surface area contributed by atoms with Crippen LogP contribution in [0.5, 0.6) is 0 Å². The van der Waals surface area contributed by atoms with Crippen LogP contribution < -0.4 is 0 Å². The lowest BCUT2D eigenvalue weighted by molar-refractivity contribution is 1.20. The summed E-state index contributed by atoms with van der Waals surface area (Å²) in [6.45, 7) is 4.08. The molecule has 3 heterocycles. The van der Waals surface area contributed by atoms with Gasteiger partial charge in [-0.05, 0) is 84.6 Å². The third kappa shape index (κ3) is 3.65. The van der Waals surface area contributed by atoms with Crippen LogP contribution in [0.15, 0.2) is 73.1 Å². The Hall–Kier alpha value is -3.84. The van der Waals surface area contributed by atoms with E-state index in [9.17, 15) is 0 Å². The third-order valence-electron chi connectivity index (χ3n) is 4.53. The minimum absolute atomic E-state index is 0.638. The van der Waals surface area contributed by atoms with E-state index in [0.29, 0.717) is 5.56 Å². The summed E-state index contributed by atoms with van der Waals surface area (Å²) in [6.07, 6.45) is 3.59. The van der Waals surface area contributed by atoms with Gasteiger partial charge in [0.15, 0.2) is 0 Å². The van der Waals surface area contributed by atoms with E-state index in [0.717, 1.165) is 45.0 Å². The molecule has 0 bridgehead atoms. The van der Waals surface area contributed by atoms with E-state index < -0.39 is 0 Å². The predicted octanol–water partition coefficient (Wildman–Crippen LogP) is 5.36. The summed E-state index contributed by atoms with van der Waals surface area (Å²) in [5.41, 5.74) is 8.16. The number of aryl methyl sites for hydroxylation is 2. The summed E-state index contributed by atoms with van der Waals surface area (Å²) in [5, 5.41) is 9.06. The maximum Gasteiger partial charge on any atom is 0.0991 e. The molecule has 3 aromatic heterocycles. The Bertz CT molecular complexity index is 1120. The monoisotopic (exact) mass is 362 g/mol. The van der Waals surface area contributed by atoms with Gasteiger partial charge in [0.2, 0.25) is 0 Å². The topological polar surface area (TPSA) is 62.5 Å². The molecule has 4 aromatic rings. The minimum Gasteiger partial charge on any atom is -0.255 e. The number of nitrogens with zero attached hydrogens (tertiary/aromatic N) is 4. The molecule has 0 spiro atoms. The SMILES string of the molecule is Cc1ccnc(-c2cc(-c3ccc(C#N)cc3)cc(-c3cc(C)ccn3)n2)c1. The highest BCUT2D eigenvalue weighted by molar-refractivity contribution is 5.75. The fourth-order valence-corrected chi connectivity index (χ4v) is 3.05. The summed E-state index contributed by atoms with van der Waals surface area (Å²) < 4.78 is 0. The summed E-state index contributed by atoms with van der Waals surface area (Å²) in [6, 6.07) is 21.8. The fourth-order valence-electron chi connectivity index (χ4n) is 3.05. The molecule has 0 N–H and O–H groups in total. The van der Waals surface area contributed by atoms with Crippen molar-refractivity contribution in [2.75, 3.05) is 0 Å². The molecular formula is C24H18N4. The standard InChI is InChI=1S/C24H18N4/c1-16-7-9-26-21(11-16)23-13-20(19-5-3-18(15-25)4-6-19)14-24(28-23)22-12-17(2)8-10-27-22/h3-14H,1-2H3. The Labute approximate surface area is 164 Å². The van der Waals surface area contributed by atoms with Crippen molar-refractivity contribution in [1.82, 2.24) is 15.0 Å². The molecule has 1 aromatic carbocycles. The lowest BCUT2D eigenvalue weighted by Gasteiger charge is -2.10. The van der Waals surface area contributed by atoms with Crippen molar-refractivity contribution in [3.05, 3.63) is 89.7 Å². The molecular weight excluding hydrogens is 344 g/mol. The zero-order chi connectivity index (χ0) is 19.5. The molecule has 4 rings (SSSR count). The van der Waals surface area contributed by atoms with Crippen LogP contribution in [0.25, 0.3) is 33.9 Å². The number of pyridine rings is 3. The van der Waals surface area contributed by atoms with Crippen LogP contribution >= 0.6 is 0 Å². The maximum atomic E-state index is 9.06. The summed E-state index contributed by atoms with van der Waals surface area (Å²) in [4.78, 5) is 13.8. The van der Waals surface area contributed by atoms with E-state index in [-0.39, 0.29) is 0 Å². The van der Waals surface area contributed by atoms with E-state index in [2.05, 4.69) is 16.0 Å². The van der Waals surface area contributed by atoms with Crippen LogP contribution in [0, 0.1) is 25.2 Å². The molecule has 0 aliphatic rings. The summed E-state index contributed by atoms with van der Waals surface area (Å²) in [7, 11) is 0. The smallest absolute Gasteiger partial charge is 0.0991 e. The van der Waals surface area contributed by atoms with Crippen molar-refractivity contribution >= 4 is 0 Å². The first kappa shape index (κ1) is 17.6. The lowest BCUT2D eigenvalue weighted by Crippen LogP contribution is -1.95. The number of rotatable bonds is 3. The van der Waals surface area contributed by atoms with Gasteiger partial charge in [-0.3, -0.25) is 9.97 Å². The maximum absolute atomic E-state index is 9.06. The highest BCUT2D eigenvalue weighted by Crippen LogP contribution is 2.29. The van der Waals surface area contributed by atoms with Crippen molar-refractivity contribution < 1.29 is 0 Å². The molecule has 134 valence electrons. The van der Waals surface area contributed by atoms with Gasteiger partial charge in [-0.25, -0.2) is 4.98 Å². The molecule has 0 unspecified atom stereocenters. The lowest BCUT2D eigenvalue weighted by atomic mass is 10.0. The third-order valence-corrected chi connectivity index (χ3v) is 4.53. The average molecular weight is 362 g/mol. The first-order valence-corrected chi connectivity index (χ1v) is 9.01. The van der Waals surface area contributed by atoms with E-state index >= 15 is 0 Å². The van der Waals surface area contributed by atoms with Gasteiger partial charge in [-0.15, -0.1) is 0 Å². The van der Waals surface area contributed by atoms with Gasteiger partial charge < -0.3 is 0 Å². The number of hydrogen-bond donors (Lipinski definition) is 0. The van der Waals surface area contributed by atoms with Gasteiger partial charge in [-0.1, -0.05) is 12.1 Å². The Kier molecular flexibility index (Phi) is 4.65. The van der Waals surface area contributed by atoms with Crippen molar-refractivity contribution in [2.45, 2.75) is 13.8 Å². The average Bonchev–Trinajstić information content (AvgIpc) is 2.73. The van der Waals surface area contributed by atoms with Crippen molar-refractivity contribution in [1.29, 1.82) is 5.26 Å². The van der Waals surface area contributed by atoms with Crippen molar-refractivity contribution in [3.8, 4) is 40.0 Å². The second-order valence-electron chi connectivity index (χ2n) is 6.75. The molecule has 4 nitrogen and oxygen atoms in total. The van der Waals surface area contributed by atoms with Crippen LogP contribution in [-0.2, 0) is 0 Å². The van der Waals surface area contributed by atoms with Crippen LogP contribution in [-0.4, -0.2) is 15.0 Å². The molecule has 0 aliphatic carbocycles. The zero-order valence-corrected chi connectivity index (χ0v) is 15.7. The quantitative estimate of drug-likeness (QED) is 0.492. The van der Waals surface area contributed by atoms with E-state index in [1.54, 1.807) is 12.4 Å². The van der Waals surface area contributed by atoms with E-state index in [1.165, 1.54) is 0 Å².